The van der Waals surface area contributed by atoms with Crippen molar-refractivity contribution in [3.05, 3.63) is 0 Å². The molecule has 214 valence electrons. The minimum absolute atomic E-state index is 0.118. The maximum atomic E-state index is 12.3. The number of likely N-dealkylation sites (tertiary alicyclic amines) is 1. The van der Waals surface area contributed by atoms with Crippen LogP contribution in [0.15, 0.2) is 0 Å². The van der Waals surface area contributed by atoms with Crippen molar-refractivity contribution in [2.45, 2.75) is 59.8 Å². The number of nitrogens with one attached hydrogen (secondary N) is 5. The molecule has 1 atom stereocenters. The maximum Gasteiger partial charge on any atom is 0.239 e. The Bertz CT molecular complexity index is 874. The van der Waals surface area contributed by atoms with E-state index in [4.69, 9.17) is 0 Å². The average molecular weight is 539 g/mol. The molecule has 1 saturated heterocycles. The predicted molar refractivity (Wildman–Crippen MR) is 138 cm³/mol. The fourth-order valence-electron chi connectivity index (χ4n) is 3.57. The molecular weight excluding hydrogens is 496 g/mol. The zero-order valence-corrected chi connectivity index (χ0v) is 22.8. The van der Waals surface area contributed by atoms with Crippen LogP contribution in [-0.2, 0) is 33.6 Å². The number of amides is 7. The molecule has 0 aliphatic carbocycles. The highest BCUT2D eigenvalue weighted by Crippen LogP contribution is 2.26. The molecule has 5 N–H and O–H groups in total. The van der Waals surface area contributed by atoms with Crippen LogP contribution < -0.4 is 26.6 Å². The Kier molecular flexibility index (Phi) is 14.6. The molecule has 0 aromatic carbocycles. The summed E-state index contributed by atoms with van der Waals surface area (Å²) in [4.78, 5) is 84.4. The van der Waals surface area contributed by atoms with Crippen molar-refractivity contribution < 1.29 is 33.6 Å². The molecule has 7 amide bonds. The zero-order valence-electron chi connectivity index (χ0n) is 22.8. The first kappa shape index (κ1) is 32.5. The Morgan fingerprint density at radius 2 is 1.18 bits per heavy atom. The van der Waals surface area contributed by atoms with Crippen molar-refractivity contribution in [3.63, 3.8) is 0 Å². The number of hydrogen-bond acceptors (Lipinski definition) is 7. The van der Waals surface area contributed by atoms with Crippen LogP contribution in [0, 0.1) is 17.8 Å². The van der Waals surface area contributed by atoms with Gasteiger partial charge in [-0.05, 0) is 24.7 Å². The van der Waals surface area contributed by atoms with E-state index in [1.807, 2.05) is 27.7 Å². The molecule has 0 aromatic heterocycles. The molecular formula is C25H42N6O7. The van der Waals surface area contributed by atoms with E-state index in [1.54, 1.807) is 0 Å². The second-order valence-corrected chi connectivity index (χ2v) is 10.1. The van der Waals surface area contributed by atoms with Crippen molar-refractivity contribution in [3.8, 4) is 0 Å². The van der Waals surface area contributed by atoms with Gasteiger partial charge in [-0.25, -0.2) is 0 Å². The van der Waals surface area contributed by atoms with Crippen LogP contribution in [-0.4, -0.2) is 85.5 Å². The molecule has 38 heavy (non-hydrogen) atoms. The summed E-state index contributed by atoms with van der Waals surface area (Å²) >= 11 is 0. The molecule has 1 unspecified atom stereocenters. The van der Waals surface area contributed by atoms with Crippen molar-refractivity contribution in [1.29, 1.82) is 0 Å². The largest absolute Gasteiger partial charge is 0.354 e. The third-order valence-electron chi connectivity index (χ3n) is 5.86. The molecule has 0 saturated carbocycles. The Labute approximate surface area is 223 Å². The number of nitrogens with zero attached hydrogens (tertiary/aromatic N) is 1. The highest BCUT2D eigenvalue weighted by molar-refractivity contribution is 6.03. The highest BCUT2D eigenvalue weighted by Gasteiger charge is 2.39. The molecule has 0 radical (unpaired) electrons. The van der Waals surface area contributed by atoms with Gasteiger partial charge in [0.2, 0.25) is 41.4 Å². The van der Waals surface area contributed by atoms with Crippen molar-refractivity contribution in [2.75, 3.05) is 39.3 Å². The summed E-state index contributed by atoms with van der Waals surface area (Å²) in [7, 11) is 0. The highest BCUT2D eigenvalue weighted by atomic mass is 16.2. The number of unbranched alkanes of at least 4 members (excludes halogenated alkanes) is 2. The van der Waals surface area contributed by atoms with Gasteiger partial charge in [-0.3, -0.25) is 38.5 Å². The van der Waals surface area contributed by atoms with Crippen LogP contribution >= 0.6 is 0 Å². The molecule has 1 fully saturated rings. The molecule has 1 aliphatic rings. The lowest BCUT2D eigenvalue weighted by Gasteiger charge is -2.16. The number of carbonyl (C=O) groups excluding carboxylic acids is 7. The zero-order chi connectivity index (χ0) is 28.7. The van der Waals surface area contributed by atoms with Crippen LogP contribution in [0.2, 0.25) is 0 Å². The van der Waals surface area contributed by atoms with E-state index in [0.717, 1.165) is 0 Å². The molecule has 0 spiro atoms. The summed E-state index contributed by atoms with van der Waals surface area (Å²) in [6.45, 7) is 7.36. The average Bonchev–Trinajstić information content (AvgIpc) is 3.15. The fourth-order valence-corrected chi connectivity index (χ4v) is 3.57. The summed E-state index contributed by atoms with van der Waals surface area (Å²) in [5, 5.41) is 12.1. The molecule has 1 heterocycles. The lowest BCUT2D eigenvalue weighted by Crippen LogP contribution is -2.45. The Morgan fingerprint density at radius 1 is 0.711 bits per heavy atom. The monoisotopic (exact) mass is 538 g/mol. The fraction of sp³-hybridized carbons (Fsp3) is 0.720. The van der Waals surface area contributed by atoms with Gasteiger partial charge in [0.25, 0.3) is 0 Å². The minimum atomic E-state index is -0.598. The van der Waals surface area contributed by atoms with Gasteiger partial charge in [-0.15, -0.1) is 0 Å². The predicted octanol–water partition coefficient (Wildman–Crippen LogP) is -1.19. The molecule has 13 heteroatoms. The van der Waals surface area contributed by atoms with Crippen molar-refractivity contribution in [2.24, 2.45) is 17.8 Å². The summed E-state index contributed by atoms with van der Waals surface area (Å²) in [6.07, 6.45) is 2.25. The lowest BCUT2D eigenvalue weighted by atomic mass is 9.94. The van der Waals surface area contributed by atoms with E-state index in [9.17, 15) is 33.6 Å². The first-order chi connectivity index (χ1) is 17.9. The SMILES string of the molecule is CC(C)CNC(=O)CNC(=O)CNC(=O)CNC(=O)CNC(=O)CCCCCN1C(=O)CC(C(C)C)C1=O. The smallest absolute Gasteiger partial charge is 0.239 e. The molecule has 1 rings (SSSR count). The summed E-state index contributed by atoms with van der Waals surface area (Å²) in [6, 6.07) is 0. The van der Waals surface area contributed by atoms with E-state index < -0.39 is 17.7 Å². The second kappa shape index (κ2) is 17.1. The van der Waals surface area contributed by atoms with E-state index in [0.29, 0.717) is 32.4 Å². The number of rotatable bonds is 17. The standard InChI is InChI=1S/C25H42N6O7/c1-16(2)11-26-20(33)13-28-22(35)15-30-23(36)14-29-21(34)12-27-19(32)8-6-5-7-9-31-24(37)10-18(17(3)4)25(31)38/h16-18H,5-15H2,1-4H3,(H,26,33)(H,27,32)(H,28,35)(H,29,34)(H,30,36). The van der Waals surface area contributed by atoms with Crippen molar-refractivity contribution >= 4 is 41.4 Å². The van der Waals surface area contributed by atoms with Gasteiger partial charge in [0.05, 0.1) is 26.2 Å². The van der Waals surface area contributed by atoms with Gasteiger partial charge in [0.15, 0.2) is 0 Å². The first-order valence-electron chi connectivity index (χ1n) is 13.1. The van der Waals surface area contributed by atoms with Crippen LogP contribution in [0.5, 0.6) is 0 Å². The minimum Gasteiger partial charge on any atom is -0.354 e. The van der Waals surface area contributed by atoms with Gasteiger partial charge in [0, 0.05) is 31.8 Å². The molecule has 0 aromatic rings. The molecule has 13 nitrogen and oxygen atoms in total. The Morgan fingerprint density at radius 3 is 1.63 bits per heavy atom. The topological polar surface area (TPSA) is 183 Å². The summed E-state index contributed by atoms with van der Waals surface area (Å²) in [5.74, 6) is -2.47. The van der Waals surface area contributed by atoms with Gasteiger partial charge in [-0.1, -0.05) is 34.1 Å². The number of carbonyl (C=O) groups is 7. The summed E-state index contributed by atoms with van der Waals surface area (Å²) in [5.41, 5.74) is 0. The van der Waals surface area contributed by atoms with Gasteiger partial charge in [-0.2, -0.15) is 0 Å². The first-order valence-corrected chi connectivity index (χ1v) is 13.1. The summed E-state index contributed by atoms with van der Waals surface area (Å²) < 4.78 is 0. The number of imide groups is 1. The van der Waals surface area contributed by atoms with Gasteiger partial charge >= 0.3 is 0 Å². The number of hydrogen-bond donors (Lipinski definition) is 5. The Hall–Kier alpha value is -3.51. The van der Waals surface area contributed by atoms with Crippen LogP contribution in [0.1, 0.15) is 59.8 Å². The quantitative estimate of drug-likeness (QED) is 0.114. The maximum absolute atomic E-state index is 12.3. The van der Waals surface area contributed by atoms with Crippen LogP contribution in [0.4, 0.5) is 0 Å². The van der Waals surface area contributed by atoms with Crippen LogP contribution in [0.3, 0.4) is 0 Å². The van der Waals surface area contributed by atoms with E-state index in [2.05, 4.69) is 26.6 Å². The van der Waals surface area contributed by atoms with Gasteiger partial charge < -0.3 is 26.6 Å². The molecule has 0 bridgehead atoms. The van der Waals surface area contributed by atoms with Gasteiger partial charge in [0.1, 0.15) is 0 Å². The van der Waals surface area contributed by atoms with Crippen molar-refractivity contribution in [1.82, 2.24) is 31.5 Å². The van der Waals surface area contributed by atoms with E-state index >= 15 is 0 Å². The van der Waals surface area contributed by atoms with E-state index in [-0.39, 0.29) is 80.4 Å². The Balaban J connectivity index is 2.09. The second-order valence-electron chi connectivity index (χ2n) is 10.1. The van der Waals surface area contributed by atoms with Crippen LogP contribution in [0.25, 0.3) is 0 Å². The normalized spacial score (nSPS) is 15.0. The third kappa shape index (κ3) is 13.2. The van der Waals surface area contributed by atoms with E-state index in [1.165, 1.54) is 4.90 Å². The lowest BCUT2D eigenvalue weighted by molar-refractivity contribution is -0.140. The molecule has 1 aliphatic heterocycles. The third-order valence-corrected chi connectivity index (χ3v) is 5.86.